The van der Waals surface area contributed by atoms with Crippen molar-refractivity contribution in [1.29, 1.82) is 0 Å². The fourth-order valence-electron chi connectivity index (χ4n) is 2.20. The van der Waals surface area contributed by atoms with Crippen LogP contribution in [0.4, 0.5) is 0 Å². The number of aliphatic hydroxyl groups is 1. The molecule has 0 aliphatic carbocycles. The lowest BCUT2D eigenvalue weighted by Crippen LogP contribution is -2.38. The molecule has 2 aromatic rings. The lowest BCUT2D eigenvalue weighted by Gasteiger charge is -2.19. The predicted octanol–water partition coefficient (Wildman–Crippen LogP) is 0.962. The van der Waals surface area contributed by atoms with Gasteiger partial charge in [0.05, 0.1) is 6.61 Å². The minimum absolute atomic E-state index is 0.0391. The Morgan fingerprint density at radius 2 is 2.17 bits per heavy atom. The van der Waals surface area contributed by atoms with Gasteiger partial charge in [-0.15, -0.1) is 0 Å². The summed E-state index contributed by atoms with van der Waals surface area (Å²) in [5.41, 5.74) is 8.23. The normalized spacial score (nSPS) is 13.3. The van der Waals surface area contributed by atoms with E-state index in [0.717, 1.165) is 19.5 Å². The van der Waals surface area contributed by atoms with Gasteiger partial charge in [0.15, 0.2) is 0 Å². The topological polar surface area (TPSA) is 65.3 Å². The minimum Gasteiger partial charge on any atom is -0.395 e. The number of aromatic amines is 1. The maximum Gasteiger partial charge on any atom is 0.0595 e. The summed E-state index contributed by atoms with van der Waals surface area (Å²) in [6.07, 6.45) is 3.06. The van der Waals surface area contributed by atoms with Crippen molar-refractivity contribution in [2.45, 2.75) is 12.5 Å². The van der Waals surface area contributed by atoms with E-state index in [1.807, 2.05) is 13.1 Å². The Hall–Kier alpha value is -1.36. The number of rotatable bonds is 6. The van der Waals surface area contributed by atoms with Crippen LogP contribution in [0.3, 0.4) is 0 Å². The number of benzene rings is 1. The molecule has 0 saturated heterocycles. The Balaban J connectivity index is 1.94. The molecule has 0 fully saturated rings. The van der Waals surface area contributed by atoms with Crippen molar-refractivity contribution in [2.24, 2.45) is 5.73 Å². The third-order valence-electron chi connectivity index (χ3n) is 3.22. The van der Waals surface area contributed by atoms with Gasteiger partial charge in [-0.2, -0.15) is 0 Å². The zero-order chi connectivity index (χ0) is 13.0. The van der Waals surface area contributed by atoms with Crippen LogP contribution < -0.4 is 5.73 Å². The molecule has 0 aliphatic rings. The summed E-state index contributed by atoms with van der Waals surface area (Å²) in [4.78, 5) is 5.44. The molecule has 1 atom stereocenters. The molecule has 1 aromatic carbocycles. The minimum atomic E-state index is -0.155. The number of fused-ring (bicyclic) bond motifs is 1. The van der Waals surface area contributed by atoms with E-state index in [1.54, 1.807) is 0 Å². The van der Waals surface area contributed by atoms with Gasteiger partial charge in [-0.1, -0.05) is 18.2 Å². The maximum atomic E-state index is 8.92. The van der Waals surface area contributed by atoms with Crippen molar-refractivity contribution in [2.75, 3.05) is 26.7 Å². The van der Waals surface area contributed by atoms with E-state index in [2.05, 4.69) is 34.3 Å². The first-order valence-electron chi connectivity index (χ1n) is 6.30. The van der Waals surface area contributed by atoms with E-state index >= 15 is 0 Å². The molecule has 1 aromatic heterocycles. The summed E-state index contributed by atoms with van der Waals surface area (Å²) in [5.74, 6) is 0. The van der Waals surface area contributed by atoms with Crippen molar-refractivity contribution >= 4 is 10.9 Å². The second-order valence-corrected chi connectivity index (χ2v) is 4.81. The molecule has 0 amide bonds. The fraction of sp³-hybridized carbons (Fsp3) is 0.429. The van der Waals surface area contributed by atoms with E-state index in [4.69, 9.17) is 10.8 Å². The molecule has 4 N–H and O–H groups in total. The highest BCUT2D eigenvalue weighted by molar-refractivity contribution is 5.83. The first kappa shape index (κ1) is 13.1. The van der Waals surface area contributed by atoms with Crippen LogP contribution >= 0.6 is 0 Å². The molecule has 98 valence electrons. The summed E-state index contributed by atoms with van der Waals surface area (Å²) >= 11 is 0. The van der Waals surface area contributed by atoms with Gasteiger partial charge in [0, 0.05) is 36.2 Å². The van der Waals surface area contributed by atoms with Crippen LogP contribution in [-0.4, -0.2) is 47.8 Å². The van der Waals surface area contributed by atoms with Crippen LogP contribution in [0.15, 0.2) is 30.5 Å². The van der Waals surface area contributed by atoms with Gasteiger partial charge in [0.2, 0.25) is 0 Å². The molecule has 18 heavy (non-hydrogen) atoms. The molecule has 2 rings (SSSR count). The van der Waals surface area contributed by atoms with Crippen molar-refractivity contribution in [3.63, 3.8) is 0 Å². The number of H-pyrrole nitrogens is 1. The molecule has 4 heteroatoms. The quantitative estimate of drug-likeness (QED) is 0.712. The average Bonchev–Trinajstić information content (AvgIpc) is 2.79. The molecule has 0 spiro atoms. The zero-order valence-electron chi connectivity index (χ0n) is 10.8. The number of nitrogens with zero attached hydrogens (tertiary/aromatic N) is 1. The maximum absolute atomic E-state index is 8.92. The third-order valence-corrected chi connectivity index (χ3v) is 3.22. The van der Waals surface area contributed by atoms with E-state index < -0.39 is 0 Å². The smallest absolute Gasteiger partial charge is 0.0595 e. The van der Waals surface area contributed by atoms with Crippen LogP contribution in [0.1, 0.15) is 5.56 Å². The van der Waals surface area contributed by atoms with Gasteiger partial charge in [0.1, 0.15) is 0 Å². The summed E-state index contributed by atoms with van der Waals surface area (Å²) in [5, 5.41) is 10.2. The van der Waals surface area contributed by atoms with Crippen LogP contribution in [-0.2, 0) is 6.42 Å². The number of para-hydroxylation sites is 1. The molecular weight excluding hydrogens is 226 g/mol. The largest absolute Gasteiger partial charge is 0.395 e. The van der Waals surface area contributed by atoms with Crippen LogP contribution in [0.5, 0.6) is 0 Å². The number of aliphatic hydroxyl groups excluding tert-OH is 1. The molecule has 0 aliphatic heterocycles. The second-order valence-electron chi connectivity index (χ2n) is 4.81. The Morgan fingerprint density at radius 1 is 1.39 bits per heavy atom. The van der Waals surface area contributed by atoms with E-state index in [0.29, 0.717) is 0 Å². The Morgan fingerprint density at radius 3 is 2.94 bits per heavy atom. The van der Waals surface area contributed by atoms with Crippen molar-refractivity contribution in [3.8, 4) is 0 Å². The summed E-state index contributed by atoms with van der Waals surface area (Å²) in [6, 6.07) is 8.17. The number of hydrogen-bond donors (Lipinski definition) is 3. The predicted molar refractivity (Wildman–Crippen MR) is 74.6 cm³/mol. The van der Waals surface area contributed by atoms with Crippen LogP contribution in [0.2, 0.25) is 0 Å². The van der Waals surface area contributed by atoms with Crippen LogP contribution in [0, 0.1) is 0 Å². The van der Waals surface area contributed by atoms with Crippen LogP contribution in [0.25, 0.3) is 10.9 Å². The van der Waals surface area contributed by atoms with E-state index in [1.165, 1.54) is 16.5 Å². The standard InChI is InChI=1S/C14H21N3O/c1-17(9-12(15)10-18)7-6-11-8-16-14-5-3-2-4-13(11)14/h2-5,8,12,16,18H,6-7,9-10,15H2,1H3. The number of hydrogen-bond acceptors (Lipinski definition) is 3. The highest BCUT2D eigenvalue weighted by Crippen LogP contribution is 2.18. The molecule has 0 bridgehead atoms. The number of likely N-dealkylation sites (N-methyl/N-ethyl adjacent to an activating group) is 1. The highest BCUT2D eigenvalue weighted by Gasteiger charge is 2.07. The first-order valence-corrected chi connectivity index (χ1v) is 6.30. The molecule has 0 saturated carbocycles. The summed E-state index contributed by atoms with van der Waals surface area (Å²) in [6.45, 7) is 1.70. The third kappa shape index (κ3) is 3.10. The second kappa shape index (κ2) is 6.00. The summed E-state index contributed by atoms with van der Waals surface area (Å²) < 4.78 is 0. The monoisotopic (exact) mass is 247 g/mol. The Labute approximate surface area is 107 Å². The van der Waals surface area contributed by atoms with E-state index in [-0.39, 0.29) is 12.6 Å². The van der Waals surface area contributed by atoms with Gasteiger partial charge >= 0.3 is 0 Å². The lowest BCUT2D eigenvalue weighted by molar-refractivity contribution is 0.223. The lowest BCUT2D eigenvalue weighted by atomic mass is 10.1. The Bertz CT molecular complexity index is 494. The van der Waals surface area contributed by atoms with Gasteiger partial charge in [-0.05, 0) is 25.1 Å². The van der Waals surface area contributed by atoms with Gasteiger partial charge in [-0.3, -0.25) is 0 Å². The molecule has 1 unspecified atom stereocenters. The SMILES string of the molecule is CN(CCc1c[nH]c2ccccc12)CC(N)CO. The first-order chi connectivity index (χ1) is 8.70. The van der Waals surface area contributed by atoms with Crippen molar-refractivity contribution in [3.05, 3.63) is 36.0 Å². The molecule has 1 heterocycles. The average molecular weight is 247 g/mol. The zero-order valence-corrected chi connectivity index (χ0v) is 10.8. The summed E-state index contributed by atoms with van der Waals surface area (Å²) in [7, 11) is 2.03. The van der Waals surface area contributed by atoms with Crippen molar-refractivity contribution < 1.29 is 5.11 Å². The molecule has 0 radical (unpaired) electrons. The van der Waals surface area contributed by atoms with Gasteiger partial charge in [0.25, 0.3) is 0 Å². The highest BCUT2D eigenvalue weighted by atomic mass is 16.3. The number of nitrogens with one attached hydrogen (secondary N) is 1. The number of nitrogens with two attached hydrogens (primary N) is 1. The van der Waals surface area contributed by atoms with E-state index in [9.17, 15) is 0 Å². The van der Waals surface area contributed by atoms with Gasteiger partial charge in [-0.25, -0.2) is 0 Å². The Kier molecular flexibility index (Phi) is 4.36. The van der Waals surface area contributed by atoms with Gasteiger partial charge < -0.3 is 20.7 Å². The molecule has 4 nitrogen and oxygen atoms in total. The van der Waals surface area contributed by atoms with Crippen molar-refractivity contribution in [1.82, 2.24) is 9.88 Å². The number of aromatic nitrogens is 1. The fourth-order valence-corrected chi connectivity index (χ4v) is 2.20. The molecular formula is C14H21N3O.